The Morgan fingerprint density at radius 2 is 1.65 bits per heavy atom. The van der Waals surface area contributed by atoms with Gasteiger partial charge in [0.25, 0.3) is 0 Å². The van der Waals surface area contributed by atoms with Crippen LogP contribution in [0.4, 0.5) is 0 Å². The molecule has 1 aromatic carbocycles. The van der Waals surface area contributed by atoms with Crippen molar-refractivity contribution in [1.82, 2.24) is 4.98 Å². The van der Waals surface area contributed by atoms with E-state index >= 15 is 0 Å². The number of hydrogen-bond donors (Lipinski definition) is 1. The Hall–Kier alpha value is -2.35. The summed E-state index contributed by atoms with van der Waals surface area (Å²) in [7, 11) is 0. The van der Waals surface area contributed by atoms with Crippen molar-refractivity contribution in [3.8, 4) is 0 Å². The fourth-order valence-corrected chi connectivity index (χ4v) is 2.86. The average Bonchev–Trinajstić information content (AvgIpc) is 2.57. The van der Waals surface area contributed by atoms with E-state index < -0.39 is 0 Å². The normalized spacial score (nSPS) is 11.3. The van der Waals surface area contributed by atoms with E-state index in [-0.39, 0.29) is 10.8 Å². The molecule has 2 aromatic rings. The van der Waals surface area contributed by atoms with Gasteiger partial charge in [0.05, 0.1) is 5.52 Å². The highest BCUT2D eigenvalue weighted by molar-refractivity contribution is 5.83. The van der Waals surface area contributed by atoms with Crippen molar-refractivity contribution < 1.29 is 0 Å². The highest BCUT2D eigenvalue weighted by Crippen LogP contribution is 2.26. The Labute approximate surface area is 157 Å². The standard InChI is InChI=1S/C24H31NO/c1-8-24(6,7)22-15-21(26)20-14-18(11-9-16(2)3)13-19(23(20)25-22)12-10-17(4)5/h8-10,13-15H,1,11-12H2,2-7H3,(H,25,26). The van der Waals surface area contributed by atoms with Crippen molar-refractivity contribution in [2.24, 2.45) is 0 Å². The zero-order chi connectivity index (χ0) is 19.5. The number of H-pyrrole nitrogens is 1. The highest BCUT2D eigenvalue weighted by Gasteiger charge is 2.19. The van der Waals surface area contributed by atoms with E-state index in [2.05, 4.69) is 71.3 Å². The van der Waals surface area contributed by atoms with Gasteiger partial charge in [-0.05, 0) is 57.7 Å². The van der Waals surface area contributed by atoms with Crippen LogP contribution in [0.15, 0.2) is 58.9 Å². The van der Waals surface area contributed by atoms with Crippen LogP contribution in [0, 0.1) is 0 Å². The third kappa shape index (κ3) is 4.63. The zero-order valence-corrected chi connectivity index (χ0v) is 17.0. The second-order valence-corrected chi connectivity index (χ2v) is 8.12. The minimum atomic E-state index is -0.276. The molecule has 2 nitrogen and oxygen atoms in total. The average molecular weight is 350 g/mol. The Bertz CT molecular complexity index is 931. The second kappa shape index (κ2) is 7.90. The van der Waals surface area contributed by atoms with Crippen molar-refractivity contribution in [2.75, 3.05) is 0 Å². The highest BCUT2D eigenvalue weighted by atomic mass is 16.1. The van der Waals surface area contributed by atoms with Crippen LogP contribution in [0.2, 0.25) is 0 Å². The van der Waals surface area contributed by atoms with Gasteiger partial charge < -0.3 is 4.98 Å². The molecule has 0 radical (unpaired) electrons. The molecule has 0 fully saturated rings. The van der Waals surface area contributed by atoms with E-state index in [0.29, 0.717) is 0 Å². The third-order valence-electron chi connectivity index (χ3n) is 4.76. The van der Waals surface area contributed by atoms with Crippen LogP contribution in [0.1, 0.15) is 58.4 Å². The van der Waals surface area contributed by atoms with E-state index in [1.807, 2.05) is 12.1 Å². The molecule has 0 unspecified atom stereocenters. The molecule has 26 heavy (non-hydrogen) atoms. The van der Waals surface area contributed by atoms with E-state index in [1.165, 1.54) is 22.3 Å². The van der Waals surface area contributed by atoms with Gasteiger partial charge in [0.15, 0.2) is 5.43 Å². The van der Waals surface area contributed by atoms with Gasteiger partial charge in [0.1, 0.15) is 0 Å². The van der Waals surface area contributed by atoms with Crippen molar-refractivity contribution >= 4 is 10.9 Å². The lowest BCUT2D eigenvalue weighted by molar-refractivity contribution is 0.647. The van der Waals surface area contributed by atoms with Crippen LogP contribution in [0.5, 0.6) is 0 Å². The number of aromatic nitrogens is 1. The smallest absolute Gasteiger partial charge is 0.189 e. The van der Waals surface area contributed by atoms with E-state index in [1.54, 1.807) is 6.07 Å². The van der Waals surface area contributed by atoms with Gasteiger partial charge in [0.2, 0.25) is 0 Å². The summed E-state index contributed by atoms with van der Waals surface area (Å²) in [6.07, 6.45) is 7.95. The first kappa shape index (κ1) is 20.0. The number of benzene rings is 1. The molecule has 0 aliphatic rings. The summed E-state index contributed by atoms with van der Waals surface area (Å²) >= 11 is 0. The fraction of sp³-hybridized carbons (Fsp3) is 0.375. The van der Waals surface area contributed by atoms with Gasteiger partial charge in [-0.15, -0.1) is 6.58 Å². The van der Waals surface area contributed by atoms with Crippen LogP contribution in [-0.4, -0.2) is 4.98 Å². The molecule has 2 rings (SSSR count). The lowest BCUT2D eigenvalue weighted by atomic mass is 9.88. The van der Waals surface area contributed by atoms with Crippen LogP contribution in [0.25, 0.3) is 10.9 Å². The van der Waals surface area contributed by atoms with Crippen molar-refractivity contribution in [3.05, 3.63) is 81.2 Å². The topological polar surface area (TPSA) is 32.9 Å². The lowest BCUT2D eigenvalue weighted by Crippen LogP contribution is -2.19. The first-order valence-electron chi connectivity index (χ1n) is 9.23. The molecule has 0 atom stereocenters. The summed E-state index contributed by atoms with van der Waals surface area (Å²) in [5.74, 6) is 0. The Morgan fingerprint density at radius 3 is 2.23 bits per heavy atom. The number of pyridine rings is 1. The summed E-state index contributed by atoms with van der Waals surface area (Å²) < 4.78 is 0. The summed E-state index contributed by atoms with van der Waals surface area (Å²) in [4.78, 5) is 16.4. The van der Waals surface area contributed by atoms with Gasteiger partial charge in [-0.3, -0.25) is 4.79 Å². The molecule has 1 N–H and O–H groups in total. The van der Waals surface area contributed by atoms with Crippen molar-refractivity contribution in [2.45, 2.75) is 59.8 Å². The molecule has 1 aromatic heterocycles. The minimum Gasteiger partial charge on any atom is -0.357 e. The van der Waals surface area contributed by atoms with Crippen molar-refractivity contribution in [1.29, 1.82) is 0 Å². The van der Waals surface area contributed by atoms with Gasteiger partial charge in [0, 0.05) is 22.6 Å². The number of allylic oxidation sites excluding steroid dienone is 5. The molecule has 0 saturated carbocycles. The maximum Gasteiger partial charge on any atom is 0.189 e. The van der Waals surface area contributed by atoms with Gasteiger partial charge >= 0.3 is 0 Å². The molecular formula is C24H31NO. The number of hydrogen-bond acceptors (Lipinski definition) is 1. The maximum absolute atomic E-state index is 12.9. The quantitative estimate of drug-likeness (QED) is 0.637. The first-order chi connectivity index (χ1) is 12.1. The fourth-order valence-electron chi connectivity index (χ4n) is 2.86. The zero-order valence-electron chi connectivity index (χ0n) is 17.0. The molecular weight excluding hydrogens is 318 g/mol. The third-order valence-corrected chi connectivity index (χ3v) is 4.76. The Morgan fingerprint density at radius 1 is 1.04 bits per heavy atom. The molecule has 138 valence electrons. The molecule has 0 aliphatic heterocycles. The van der Waals surface area contributed by atoms with Crippen LogP contribution < -0.4 is 5.43 Å². The summed E-state index contributed by atoms with van der Waals surface area (Å²) in [6.45, 7) is 16.4. The molecule has 0 spiro atoms. The lowest BCUT2D eigenvalue weighted by Gasteiger charge is -2.21. The van der Waals surface area contributed by atoms with E-state index in [9.17, 15) is 4.79 Å². The summed E-state index contributed by atoms with van der Waals surface area (Å²) in [5, 5.41) is 0.769. The first-order valence-corrected chi connectivity index (χ1v) is 9.23. The number of fused-ring (bicyclic) bond motifs is 1. The Balaban J connectivity index is 2.74. The van der Waals surface area contributed by atoms with Crippen molar-refractivity contribution in [3.63, 3.8) is 0 Å². The minimum absolute atomic E-state index is 0.0705. The maximum atomic E-state index is 12.9. The monoisotopic (exact) mass is 349 g/mol. The van der Waals surface area contributed by atoms with Crippen LogP contribution in [-0.2, 0) is 18.3 Å². The van der Waals surface area contributed by atoms with E-state index in [0.717, 1.165) is 29.4 Å². The van der Waals surface area contributed by atoms with E-state index in [4.69, 9.17) is 0 Å². The molecule has 0 bridgehead atoms. The van der Waals surface area contributed by atoms with Gasteiger partial charge in [-0.25, -0.2) is 0 Å². The second-order valence-electron chi connectivity index (χ2n) is 8.12. The Kier molecular flexibility index (Phi) is 6.07. The summed E-state index contributed by atoms with van der Waals surface area (Å²) in [6, 6.07) is 5.98. The molecule has 1 heterocycles. The number of nitrogens with one attached hydrogen (secondary N) is 1. The SMILES string of the molecule is C=CC(C)(C)c1cc(=O)c2cc(CC=C(C)C)cc(CC=C(C)C)c2[nH]1. The van der Waals surface area contributed by atoms with Gasteiger partial charge in [-0.2, -0.15) is 0 Å². The number of rotatable bonds is 6. The number of aromatic amines is 1. The predicted molar refractivity (Wildman–Crippen MR) is 114 cm³/mol. The van der Waals surface area contributed by atoms with Crippen LogP contribution >= 0.6 is 0 Å². The molecule has 2 heteroatoms. The largest absolute Gasteiger partial charge is 0.357 e. The van der Waals surface area contributed by atoms with Gasteiger partial charge in [-0.1, -0.05) is 49.3 Å². The molecule has 0 amide bonds. The van der Waals surface area contributed by atoms with Crippen LogP contribution in [0.3, 0.4) is 0 Å². The molecule has 0 saturated heterocycles. The predicted octanol–water partition coefficient (Wildman–Crippen LogP) is 6.01. The summed E-state index contributed by atoms with van der Waals surface area (Å²) in [5.41, 5.74) is 6.55. The molecule has 0 aliphatic carbocycles.